The molecule has 1 aromatic carbocycles. The predicted molar refractivity (Wildman–Crippen MR) is 95.7 cm³/mol. The molecule has 0 aliphatic carbocycles. The van der Waals surface area contributed by atoms with Crippen molar-refractivity contribution < 1.29 is 13.9 Å². The summed E-state index contributed by atoms with van der Waals surface area (Å²) in [4.78, 5) is 14.8. The lowest BCUT2D eigenvalue weighted by molar-refractivity contribution is 0.0929. The van der Waals surface area contributed by atoms with Crippen LogP contribution in [0.4, 0.5) is 0 Å². The Labute approximate surface area is 146 Å². The molecule has 0 spiro atoms. The van der Waals surface area contributed by atoms with Gasteiger partial charge >= 0.3 is 0 Å². The average Bonchev–Trinajstić information content (AvgIpc) is 3.17. The molecule has 1 aromatic heterocycles. The summed E-state index contributed by atoms with van der Waals surface area (Å²) in [7, 11) is 1.61. The zero-order chi connectivity index (χ0) is 16.8. The molecule has 2 aromatic rings. The zero-order valence-corrected chi connectivity index (χ0v) is 14.6. The molecule has 1 aliphatic rings. The normalized spacial score (nSPS) is 16.5. The van der Waals surface area contributed by atoms with Crippen LogP contribution in [0.1, 0.15) is 22.2 Å². The van der Waals surface area contributed by atoms with E-state index >= 15 is 0 Å². The maximum atomic E-state index is 12.4. The number of furan rings is 1. The van der Waals surface area contributed by atoms with Gasteiger partial charge in [0.2, 0.25) is 0 Å². The summed E-state index contributed by atoms with van der Waals surface area (Å²) >= 11 is 1.97. The fourth-order valence-corrected chi connectivity index (χ4v) is 3.74. The monoisotopic (exact) mass is 346 g/mol. The molecule has 1 atom stereocenters. The smallest absolute Gasteiger partial charge is 0.251 e. The van der Waals surface area contributed by atoms with E-state index in [1.807, 2.05) is 23.9 Å². The molecule has 1 aliphatic heterocycles. The van der Waals surface area contributed by atoms with Gasteiger partial charge in [-0.3, -0.25) is 9.69 Å². The van der Waals surface area contributed by atoms with E-state index in [2.05, 4.69) is 10.2 Å². The number of nitrogens with zero attached hydrogens (tertiary/aromatic N) is 1. The Morgan fingerprint density at radius 2 is 2.04 bits per heavy atom. The van der Waals surface area contributed by atoms with Crippen molar-refractivity contribution in [2.45, 2.75) is 6.04 Å². The van der Waals surface area contributed by atoms with Crippen molar-refractivity contribution in [3.63, 3.8) is 0 Å². The van der Waals surface area contributed by atoms with Gasteiger partial charge in [-0.15, -0.1) is 0 Å². The number of hydrogen-bond donors (Lipinski definition) is 1. The topological polar surface area (TPSA) is 54.7 Å². The molecule has 1 fully saturated rings. The predicted octanol–water partition coefficient (Wildman–Crippen LogP) is 2.81. The molecule has 0 bridgehead atoms. The van der Waals surface area contributed by atoms with Gasteiger partial charge < -0.3 is 14.5 Å². The summed E-state index contributed by atoms with van der Waals surface area (Å²) in [5.74, 6) is 3.79. The van der Waals surface area contributed by atoms with Gasteiger partial charge in [-0.1, -0.05) is 0 Å². The first-order valence-corrected chi connectivity index (χ1v) is 9.21. The molecule has 128 valence electrons. The van der Waals surface area contributed by atoms with Crippen LogP contribution in [0.15, 0.2) is 47.1 Å². The summed E-state index contributed by atoms with van der Waals surface area (Å²) in [5.41, 5.74) is 0.628. The molecule has 24 heavy (non-hydrogen) atoms. The van der Waals surface area contributed by atoms with Gasteiger partial charge in [0.05, 0.1) is 19.4 Å². The minimum Gasteiger partial charge on any atom is -0.497 e. The minimum atomic E-state index is -0.0828. The van der Waals surface area contributed by atoms with E-state index in [-0.39, 0.29) is 11.9 Å². The number of nitrogens with one attached hydrogen (secondary N) is 1. The van der Waals surface area contributed by atoms with Gasteiger partial charge in [0.15, 0.2) is 0 Å². The Bertz CT molecular complexity index is 637. The fraction of sp³-hybridized carbons (Fsp3) is 0.389. The van der Waals surface area contributed by atoms with Crippen molar-refractivity contribution in [1.82, 2.24) is 10.2 Å². The maximum Gasteiger partial charge on any atom is 0.251 e. The van der Waals surface area contributed by atoms with Crippen molar-refractivity contribution in [1.29, 1.82) is 0 Å². The number of amides is 1. The first kappa shape index (κ1) is 16.9. The minimum absolute atomic E-state index is 0.0723. The molecule has 0 radical (unpaired) electrons. The second-order valence-electron chi connectivity index (χ2n) is 5.62. The van der Waals surface area contributed by atoms with Crippen molar-refractivity contribution in [3.8, 4) is 5.75 Å². The summed E-state index contributed by atoms with van der Waals surface area (Å²) in [6.45, 7) is 2.55. The van der Waals surface area contributed by atoms with Gasteiger partial charge in [0.25, 0.3) is 5.91 Å². The van der Waals surface area contributed by atoms with Crippen LogP contribution in [0.2, 0.25) is 0 Å². The summed E-state index contributed by atoms with van der Waals surface area (Å²) in [6, 6.07) is 11.1. The highest BCUT2D eigenvalue weighted by atomic mass is 32.2. The van der Waals surface area contributed by atoms with E-state index < -0.39 is 0 Å². The standard InChI is InChI=1S/C18H22N2O3S/c1-22-15-6-4-14(5-7-15)18(21)19-13-16(17-3-2-10-23-17)20-8-11-24-12-9-20/h2-7,10,16H,8-9,11-13H2,1H3,(H,19,21)/t16-/m1/s1. The number of benzene rings is 1. The van der Waals surface area contributed by atoms with Crippen LogP contribution in [-0.4, -0.2) is 49.1 Å². The quantitative estimate of drug-likeness (QED) is 0.872. The van der Waals surface area contributed by atoms with Gasteiger partial charge in [0, 0.05) is 36.7 Å². The second-order valence-corrected chi connectivity index (χ2v) is 6.84. The number of thioether (sulfide) groups is 1. The highest BCUT2D eigenvalue weighted by Crippen LogP contribution is 2.24. The molecule has 0 saturated carbocycles. The van der Waals surface area contributed by atoms with Crippen molar-refractivity contribution >= 4 is 17.7 Å². The van der Waals surface area contributed by atoms with E-state index in [4.69, 9.17) is 9.15 Å². The van der Waals surface area contributed by atoms with Crippen molar-refractivity contribution in [2.24, 2.45) is 0 Å². The number of rotatable bonds is 6. The molecule has 6 heteroatoms. The second kappa shape index (κ2) is 8.26. The van der Waals surface area contributed by atoms with E-state index in [0.29, 0.717) is 12.1 Å². The van der Waals surface area contributed by atoms with Crippen LogP contribution >= 0.6 is 11.8 Å². The van der Waals surface area contributed by atoms with Gasteiger partial charge in [-0.2, -0.15) is 11.8 Å². The van der Waals surface area contributed by atoms with Crippen LogP contribution < -0.4 is 10.1 Å². The Hall–Kier alpha value is -1.92. The van der Waals surface area contributed by atoms with E-state index in [9.17, 15) is 4.79 Å². The van der Waals surface area contributed by atoms with Gasteiger partial charge in [-0.25, -0.2) is 0 Å². The number of hydrogen-bond acceptors (Lipinski definition) is 5. The molecular formula is C18H22N2O3S. The Morgan fingerprint density at radius 3 is 2.67 bits per heavy atom. The number of carbonyl (C=O) groups excluding carboxylic acids is 1. The van der Waals surface area contributed by atoms with Crippen LogP contribution in [0.25, 0.3) is 0 Å². The highest BCUT2D eigenvalue weighted by molar-refractivity contribution is 7.99. The van der Waals surface area contributed by atoms with Crippen LogP contribution in [0.3, 0.4) is 0 Å². The number of ether oxygens (including phenoxy) is 1. The largest absolute Gasteiger partial charge is 0.497 e. The summed E-state index contributed by atoms with van der Waals surface area (Å²) in [6.07, 6.45) is 1.69. The molecular weight excluding hydrogens is 324 g/mol. The highest BCUT2D eigenvalue weighted by Gasteiger charge is 2.25. The van der Waals surface area contributed by atoms with E-state index in [1.165, 1.54) is 0 Å². The summed E-state index contributed by atoms with van der Waals surface area (Å²) in [5, 5.41) is 3.03. The van der Waals surface area contributed by atoms with Gasteiger partial charge in [0.1, 0.15) is 11.5 Å². The van der Waals surface area contributed by atoms with Crippen LogP contribution in [0, 0.1) is 0 Å². The van der Waals surface area contributed by atoms with Gasteiger partial charge in [-0.05, 0) is 36.4 Å². The SMILES string of the molecule is COc1ccc(C(=O)NC[C@H](c2ccco2)N2CCSCC2)cc1. The lowest BCUT2D eigenvalue weighted by Gasteiger charge is -2.33. The molecule has 1 N–H and O–H groups in total. The van der Waals surface area contributed by atoms with Crippen molar-refractivity contribution in [3.05, 3.63) is 54.0 Å². The molecule has 1 saturated heterocycles. The van der Waals surface area contributed by atoms with E-state index in [1.54, 1.807) is 37.6 Å². The Morgan fingerprint density at radius 1 is 1.29 bits per heavy atom. The maximum absolute atomic E-state index is 12.4. The Kier molecular flexibility index (Phi) is 5.82. The Balaban J connectivity index is 1.65. The number of methoxy groups -OCH3 is 1. The first-order chi connectivity index (χ1) is 11.8. The van der Waals surface area contributed by atoms with Crippen molar-refractivity contribution in [2.75, 3.05) is 38.2 Å². The third kappa shape index (κ3) is 4.13. The zero-order valence-electron chi connectivity index (χ0n) is 13.7. The molecule has 2 heterocycles. The molecule has 0 unspecified atom stereocenters. The molecule has 1 amide bonds. The lowest BCUT2D eigenvalue weighted by Crippen LogP contribution is -2.41. The fourth-order valence-electron chi connectivity index (χ4n) is 2.81. The third-order valence-corrected chi connectivity index (χ3v) is 5.11. The lowest BCUT2D eigenvalue weighted by atomic mass is 10.1. The van der Waals surface area contributed by atoms with E-state index in [0.717, 1.165) is 36.1 Å². The third-order valence-electron chi connectivity index (χ3n) is 4.17. The average molecular weight is 346 g/mol. The number of carbonyl (C=O) groups is 1. The first-order valence-electron chi connectivity index (χ1n) is 8.05. The van der Waals surface area contributed by atoms with Crippen LogP contribution in [-0.2, 0) is 0 Å². The molecule has 5 nitrogen and oxygen atoms in total. The summed E-state index contributed by atoms with van der Waals surface area (Å²) < 4.78 is 10.7. The molecule has 3 rings (SSSR count). The van der Waals surface area contributed by atoms with Crippen LogP contribution in [0.5, 0.6) is 5.75 Å².